The molecule has 2 aromatic carbocycles. The second-order valence-corrected chi connectivity index (χ2v) is 7.55. The zero-order chi connectivity index (χ0) is 21.0. The Hall–Kier alpha value is -2.63. The molecule has 160 valence electrons. The number of halogens is 1. The molecule has 1 aromatic heterocycles. The number of aryl methyl sites for hydroxylation is 2. The highest BCUT2D eigenvalue weighted by Gasteiger charge is 2.17. The normalized spacial score (nSPS) is 10.8. The van der Waals surface area contributed by atoms with Crippen LogP contribution in [0.15, 0.2) is 51.7 Å². The summed E-state index contributed by atoms with van der Waals surface area (Å²) in [5.41, 5.74) is 2.43. The van der Waals surface area contributed by atoms with Crippen LogP contribution in [0.4, 0.5) is 0 Å². The van der Waals surface area contributed by atoms with Crippen molar-refractivity contribution in [3.05, 3.63) is 75.1 Å². The van der Waals surface area contributed by atoms with Gasteiger partial charge in [0.25, 0.3) is 0 Å². The van der Waals surface area contributed by atoms with Gasteiger partial charge < -0.3 is 14.5 Å². The number of ether oxygens (including phenoxy) is 1. The van der Waals surface area contributed by atoms with E-state index in [1.54, 1.807) is 36.4 Å². The van der Waals surface area contributed by atoms with Crippen LogP contribution in [0.1, 0.15) is 47.5 Å². The monoisotopic (exact) mass is 429 g/mol. The number of ketones is 1. The maximum absolute atomic E-state index is 12.9. The summed E-state index contributed by atoms with van der Waals surface area (Å²) in [4.78, 5) is 25.2. The van der Waals surface area contributed by atoms with Gasteiger partial charge in [0.15, 0.2) is 11.2 Å². The Morgan fingerprint density at radius 2 is 1.77 bits per heavy atom. The Labute approximate surface area is 182 Å². The summed E-state index contributed by atoms with van der Waals surface area (Å²) >= 11 is 0. The summed E-state index contributed by atoms with van der Waals surface area (Å²) in [5.74, 6) is 0.527. The third-order valence-corrected chi connectivity index (χ3v) is 4.70. The molecular formula is C24H28ClNO4. The highest BCUT2D eigenvalue weighted by Crippen LogP contribution is 2.26. The molecule has 3 rings (SSSR count). The maximum Gasteiger partial charge on any atom is 0.228 e. The summed E-state index contributed by atoms with van der Waals surface area (Å²) in [6.07, 6.45) is 0.903. The van der Waals surface area contributed by atoms with Crippen LogP contribution < -0.4 is 15.5 Å². The van der Waals surface area contributed by atoms with Gasteiger partial charge in [-0.3, -0.25) is 9.59 Å². The lowest BCUT2D eigenvalue weighted by Crippen LogP contribution is -2.24. The Kier molecular flexibility index (Phi) is 8.21. The smallest absolute Gasteiger partial charge is 0.228 e. The first-order valence-electron chi connectivity index (χ1n) is 9.92. The van der Waals surface area contributed by atoms with Crippen LogP contribution in [-0.4, -0.2) is 25.0 Å². The first-order chi connectivity index (χ1) is 13.9. The zero-order valence-electron chi connectivity index (χ0n) is 17.8. The number of hydrogen-bond acceptors (Lipinski definition) is 5. The number of hydrogen-bond donors (Lipinski definition) is 1. The average Bonchev–Trinajstić information content (AvgIpc) is 2.68. The molecule has 0 aliphatic heterocycles. The third-order valence-electron chi connectivity index (χ3n) is 4.70. The van der Waals surface area contributed by atoms with Crippen LogP contribution in [0.2, 0.25) is 0 Å². The highest BCUT2D eigenvalue weighted by molar-refractivity contribution is 6.08. The second kappa shape index (κ2) is 10.4. The van der Waals surface area contributed by atoms with E-state index in [-0.39, 0.29) is 29.4 Å². The van der Waals surface area contributed by atoms with Crippen LogP contribution in [0.5, 0.6) is 5.75 Å². The fourth-order valence-electron chi connectivity index (χ4n) is 3.30. The standard InChI is InChI=1S/C24H27NO4.ClH/c1-15(2)25-10-7-11-28-24-16(3)12-18(13-17(24)4)23(27)22-14-20(26)19-8-5-6-9-21(19)29-22;/h5-6,8-9,12-15,25H,7,10-11H2,1-4H3;1H. The minimum Gasteiger partial charge on any atom is -0.493 e. The highest BCUT2D eigenvalue weighted by atomic mass is 35.5. The van der Waals surface area contributed by atoms with Gasteiger partial charge in [-0.2, -0.15) is 0 Å². The van der Waals surface area contributed by atoms with Crippen molar-refractivity contribution in [2.75, 3.05) is 13.2 Å². The molecule has 1 N–H and O–H groups in total. The van der Waals surface area contributed by atoms with E-state index in [1.807, 2.05) is 13.8 Å². The van der Waals surface area contributed by atoms with Gasteiger partial charge in [0.05, 0.1) is 12.0 Å². The Bertz CT molecular complexity index is 1060. The van der Waals surface area contributed by atoms with E-state index in [0.717, 1.165) is 29.8 Å². The molecule has 1 heterocycles. The number of fused-ring (bicyclic) bond motifs is 1. The van der Waals surface area contributed by atoms with Crippen LogP contribution in [-0.2, 0) is 0 Å². The van der Waals surface area contributed by atoms with Crippen molar-refractivity contribution in [3.63, 3.8) is 0 Å². The summed E-state index contributed by atoms with van der Waals surface area (Å²) in [7, 11) is 0. The van der Waals surface area contributed by atoms with Crippen molar-refractivity contribution >= 4 is 29.2 Å². The predicted molar refractivity (Wildman–Crippen MR) is 122 cm³/mol. The van der Waals surface area contributed by atoms with Crippen molar-refractivity contribution in [1.82, 2.24) is 5.32 Å². The molecular weight excluding hydrogens is 402 g/mol. The lowest BCUT2D eigenvalue weighted by molar-refractivity contribution is 0.101. The largest absolute Gasteiger partial charge is 0.493 e. The molecule has 0 spiro atoms. The zero-order valence-corrected chi connectivity index (χ0v) is 18.6. The molecule has 0 fully saturated rings. The third kappa shape index (κ3) is 5.49. The van der Waals surface area contributed by atoms with Gasteiger partial charge >= 0.3 is 0 Å². The molecule has 0 atom stereocenters. The number of carbonyl (C=O) groups excluding carboxylic acids is 1. The van der Waals surface area contributed by atoms with Gasteiger partial charge in [0, 0.05) is 17.7 Å². The maximum atomic E-state index is 12.9. The van der Waals surface area contributed by atoms with Crippen LogP contribution in [0.3, 0.4) is 0 Å². The summed E-state index contributed by atoms with van der Waals surface area (Å²) < 4.78 is 11.6. The molecule has 6 heteroatoms. The molecule has 0 bridgehead atoms. The van der Waals surface area contributed by atoms with Crippen LogP contribution >= 0.6 is 12.4 Å². The van der Waals surface area contributed by atoms with Crippen molar-refractivity contribution in [2.45, 2.75) is 40.2 Å². The van der Waals surface area contributed by atoms with E-state index in [2.05, 4.69) is 19.2 Å². The van der Waals surface area contributed by atoms with E-state index < -0.39 is 0 Å². The van der Waals surface area contributed by atoms with Crippen molar-refractivity contribution in [2.24, 2.45) is 0 Å². The Balaban J connectivity index is 0.00000320. The molecule has 0 aliphatic carbocycles. The van der Waals surface area contributed by atoms with Crippen molar-refractivity contribution in [3.8, 4) is 5.75 Å². The fraction of sp³-hybridized carbons (Fsp3) is 0.333. The van der Waals surface area contributed by atoms with E-state index in [4.69, 9.17) is 9.15 Å². The van der Waals surface area contributed by atoms with Gasteiger partial charge in [-0.1, -0.05) is 26.0 Å². The summed E-state index contributed by atoms with van der Waals surface area (Å²) in [6.45, 7) is 9.57. The lowest BCUT2D eigenvalue weighted by atomic mass is 10.0. The Morgan fingerprint density at radius 3 is 2.43 bits per heavy atom. The lowest BCUT2D eigenvalue weighted by Gasteiger charge is -2.14. The molecule has 0 aliphatic rings. The van der Waals surface area contributed by atoms with E-state index in [9.17, 15) is 9.59 Å². The fourth-order valence-corrected chi connectivity index (χ4v) is 3.30. The van der Waals surface area contributed by atoms with E-state index in [0.29, 0.717) is 29.2 Å². The minimum atomic E-state index is -0.313. The topological polar surface area (TPSA) is 68.5 Å². The number of rotatable bonds is 8. The first-order valence-corrected chi connectivity index (χ1v) is 9.92. The van der Waals surface area contributed by atoms with Crippen LogP contribution in [0, 0.1) is 13.8 Å². The minimum absolute atomic E-state index is 0. The predicted octanol–water partition coefficient (Wildman–Crippen LogP) is 4.83. The number of carbonyl (C=O) groups is 1. The molecule has 0 radical (unpaired) electrons. The summed E-state index contributed by atoms with van der Waals surface area (Å²) in [5, 5.41) is 3.82. The van der Waals surface area contributed by atoms with Gasteiger partial charge in [-0.25, -0.2) is 0 Å². The van der Waals surface area contributed by atoms with Gasteiger partial charge in [0.1, 0.15) is 11.3 Å². The van der Waals surface area contributed by atoms with Gasteiger partial charge in [0.2, 0.25) is 5.78 Å². The van der Waals surface area contributed by atoms with E-state index in [1.165, 1.54) is 6.07 Å². The van der Waals surface area contributed by atoms with Gasteiger partial charge in [-0.05, 0) is 62.2 Å². The Morgan fingerprint density at radius 1 is 1.10 bits per heavy atom. The SMILES string of the molecule is Cc1cc(C(=O)c2cc(=O)c3ccccc3o2)cc(C)c1OCCCNC(C)C.Cl. The van der Waals surface area contributed by atoms with Crippen molar-refractivity contribution < 1.29 is 13.9 Å². The molecule has 0 unspecified atom stereocenters. The number of nitrogens with one attached hydrogen (secondary N) is 1. The molecule has 0 amide bonds. The molecule has 5 nitrogen and oxygen atoms in total. The molecule has 0 saturated heterocycles. The quantitative estimate of drug-likeness (QED) is 0.410. The first kappa shape index (κ1) is 23.6. The van der Waals surface area contributed by atoms with Crippen molar-refractivity contribution in [1.29, 1.82) is 0 Å². The molecule has 3 aromatic rings. The van der Waals surface area contributed by atoms with E-state index >= 15 is 0 Å². The summed E-state index contributed by atoms with van der Waals surface area (Å²) in [6, 6.07) is 12.2. The second-order valence-electron chi connectivity index (χ2n) is 7.55. The number of benzene rings is 2. The van der Waals surface area contributed by atoms with Crippen LogP contribution in [0.25, 0.3) is 11.0 Å². The molecule has 30 heavy (non-hydrogen) atoms. The average molecular weight is 430 g/mol. The number of para-hydroxylation sites is 1. The molecule has 0 saturated carbocycles. The van der Waals surface area contributed by atoms with Gasteiger partial charge in [-0.15, -0.1) is 12.4 Å².